The maximum atomic E-state index is 12.2. The van der Waals surface area contributed by atoms with Crippen LogP contribution in [0.4, 0.5) is 8.78 Å². The van der Waals surface area contributed by atoms with Gasteiger partial charge >= 0.3 is 6.61 Å². The molecule has 1 aromatic rings. The van der Waals surface area contributed by atoms with Crippen LogP contribution in [0, 0.1) is 5.92 Å². The molecular weight excluding hydrogens is 228 g/mol. The van der Waals surface area contributed by atoms with Crippen LogP contribution in [-0.2, 0) is 0 Å². The monoisotopic (exact) mass is 243 g/mol. The molecule has 17 heavy (non-hydrogen) atoms. The third-order valence-electron chi connectivity index (χ3n) is 2.14. The van der Waals surface area contributed by atoms with Crippen LogP contribution in [0.2, 0.25) is 0 Å². The number of alkyl halides is 2. The second-order valence-electron chi connectivity index (χ2n) is 4.02. The highest BCUT2D eigenvalue weighted by Gasteiger charge is 2.15. The number of halogens is 2. The third kappa shape index (κ3) is 4.01. The van der Waals surface area contributed by atoms with Gasteiger partial charge in [-0.25, -0.2) is 0 Å². The summed E-state index contributed by atoms with van der Waals surface area (Å²) in [5.41, 5.74) is 0.736. The second kappa shape index (κ2) is 6.18. The number of oxime groups is 1. The first-order valence-electron chi connectivity index (χ1n) is 5.29. The maximum absolute atomic E-state index is 12.2. The molecule has 0 saturated heterocycles. The predicted octanol–water partition coefficient (Wildman–Crippen LogP) is 3.51. The minimum atomic E-state index is -2.89. The van der Waals surface area contributed by atoms with Gasteiger partial charge in [0.2, 0.25) is 0 Å². The molecule has 0 aliphatic heterocycles. The predicted molar refractivity (Wildman–Crippen MR) is 60.9 cm³/mol. The summed E-state index contributed by atoms with van der Waals surface area (Å²) in [5, 5.41) is 12.1. The average molecular weight is 243 g/mol. The van der Waals surface area contributed by atoms with E-state index in [0.717, 1.165) is 0 Å². The van der Waals surface area contributed by atoms with E-state index in [0.29, 0.717) is 17.7 Å². The summed E-state index contributed by atoms with van der Waals surface area (Å²) in [6.07, 6.45) is 0.486. The van der Waals surface area contributed by atoms with Crippen LogP contribution >= 0.6 is 0 Å². The van der Waals surface area contributed by atoms with Crippen molar-refractivity contribution in [2.45, 2.75) is 26.9 Å². The van der Waals surface area contributed by atoms with Crippen LogP contribution in [0.15, 0.2) is 29.4 Å². The minimum Gasteiger partial charge on any atom is -0.434 e. The van der Waals surface area contributed by atoms with Crippen molar-refractivity contribution in [1.29, 1.82) is 0 Å². The molecule has 3 nitrogen and oxygen atoms in total. The third-order valence-corrected chi connectivity index (χ3v) is 2.14. The summed E-state index contributed by atoms with van der Waals surface area (Å²) in [7, 11) is 0. The number of nitrogens with zero attached hydrogens (tertiary/aromatic N) is 1. The van der Waals surface area contributed by atoms with Crippen molar-refractivity contribution in [2.24, 2.45) is 11.1 Å². The molecule has 1 N–H and O–H groups in total. The number of benzene rings is 1. The number of para-hydroxylation sites is 1. The van der Waals surface area contributed by atoms with Gasteiger partial charge in [-0.3, -0.25) is 0 Å². The van der Waals surface area contributed by atoms with E-state index < -0.39 is 6.61 Å². The lowest BCUT2D eigenvalue weighted by atomic mass is 10.00. The summed E-state index contributed by atoms with van der Waals surface area (Å²) in [6.45, 7) is 0.999. The van der Waals surface area contributed by atoms with Gasteiger partial charge in [-0.1, -0.05) is 31.1 Å². The topological polar surface area (TPSA) is 41.8 Å². The van der Waals surface area contributed by atoms with Gasteiger partial charge in [0, 0.05) is 5.56 Å². The van der Waals surface area contributed by atoms with E-state index in [-0.39, 0.29) is 11.7 Å². The zero-order valence-corrected chi connectivity index (χ0v) is 9.73. The molecule has 0 amide bonds. The molecule has 0 saturated carbocycles. The highest BCUT2D eigenvalue weighted by atomic mass is 19.3. The van der Waals surface area contributed by atoms with E-state index in [1.807, 2.05) is 13.8 Å². The fourth-order valence-corrected chi connectivity index (χ4v) is 1.50. The Morgan fingerprint density at radius 1 is 1.35 bits per heavy atom. The molecule has 0 radical (unpaired) electrons. The van der Waals surface area contributed by atoms with Crippen molar-refractivity contribution >= 4 is 5.71 Å². The average Bonchev–Trinajstić information content (AvgIpc) is 2.26. The Morgan fingerprint density at radius 3 is 2.53 bits per heavy atom. The van der Waals surface area contributed by atoms with E-state index >= 15 is 0 Å². The Hall–Kier alpha value is -1.65. The van der Waals surface area contributed by atoms with E-state index in [4.69, 9.17) is 5.21 Å². The van der Waals surface area contributed by atoms with Crippen LogP contribution in [0.1, 0.15) is 25.8 Å². The van der Waals surface area contributed by atoms with E-state index in [2.05, 4.69) is 9.89 Å². The Morgan fingerprint density at radius 2 is 2.00 bits per heavy atom. The van der Waals surface area contributed by atoms with E-state index in [9.17, 15) is 8.78 Å². The quantitative estimate of drug-likeness (QED) is 0.488. The maximum Gasteiger partial charge on any atom is 0.387 e. The molecule has 1 aromatic carbocycles. The first-order valence-corrected chi connectivity index (χ1v) is 5.29. The lowest BCUT2D eigenvalue weighted by Gasteiger charge is -2.12. The minimum absolute atomic E-state index is 0.0240. The summed E-state index contributed by atoms with van der Waals surface area (Å²) >= 11 is 0. The van der Waals surface area contributed by atoms with E-state index in [1.54, 1.807) is 18.2 Å². The van der Waals surface area contributed by atoms with Gasteiger partial charge in [0.25, 0.3) is 0 Å². The SMILES string of the molecule is CC(C)CC(=NO)c1ccccc1OC(F)F. The molecule has 5 heteroatoms. The van der Waals surface area contributed by atoms with Crippen LogP contribution in [0.3, 0.4) is 0 Å². The van der Waals surface area contributed by atoms with Crippen molar-refractivity contribution in [3.05, 3.63) is 29.8 Å². The fourth-order valence-electron chi connectivity index (χ4n) is 1.50. The number of rotatable bonds is 5. The van der Waals surface area contributed by atoms with Crippen molar-refractivity contribution in [3.63, 3.8) is 0 Å². The van der Waals surface area contributed by atoms with E-state index in [1.165, 1.54) is 6.07 Å². The highest BCUT2D eigenvalue weighted by Crippen LogP contribution is 2.23. The molecule has 0 spiro atoms. The number of hydrogen-bond donors (Lipinski definition) is 1. The van der Waals surface area contributed by atoms with Crippen molar-refractivity contribution < 1.29 is 18.7 Å². The molecule has 1 rings (SSSR count). The fraction of sp³-hybridized carbons (Fsp3) is 0.417. The van der Waals surface area contributed by atoms with Gasteiger partial charge in [-0.2, -0.15) is 8.78 Å². The smallest absolute Gasteiger partial charge is 0.387 e. The second-order valence-corrected chi connectivity index (χ2v) is 4.02. The van der Waals surface area contributed by atoms with Crippen LogP contribution in [-0.4, -0.2) is 17.5 Å². The molecule has 0 unspecified atom stereocenters. The van der Waals surface area contributed by atoms with Crippen molar-refractivity contribution in [1.82, 2.24) is 0 Å². The Balaban J connectivity index is 3.02. The first-order chi connectivity index (χ1) is 8.04. The Bertz CT molecular complexity index is 392. The van der Waals surface area contributed by atoms with Gasteiger partial charge in [-0.15, -0.1) is 0 Å². The molecule has 0 aromatic heterocycles. The molecule has 0 atom stereocenters. The zero-order chi connectivity index (χ0) is 12.8. The van der Waals surface area contributed by atoms with Crippen LogP contribution in [0.25, 0.3) is 0 Å². The molecule has 94 valence electrons. The Labute approximate surface area is 98.7 Å². The molecule has 0 fully saturated rings. The van der Waals surface area contributed by atoms with Gasteiger partial charge < -0.3 is 9.94 Å². The van der Waals surface area contributed by atoms with Gasteiger partial charge in [0.1, 0.15) is 5.75 Å². The van der Waals surface area contributed by atoms with Gasteiger partial charge in [-0.05, 0) is 24.5 Å². The largest absolute Gasteiger partial charge is 0.434 e. The number of hydrogen-bond acceptors (Lipinski definition) is 3. The van der Waals surface area contributed by atoms with Crippen LogP contribution in [0.5, 0.6) is 5.75 Å². The molecule has 0 bridgehead atoms. The lowest BCUT2D eigenvalue weighted by Crippen LogP contribution is -2.10. The standard InChI is InChI=1S/C12H15F2NO2/c1-8(2)7-10(15-16)9-5-3-4-6-11(9)17-12(13)14/h3-6,8,12,16H,7H2,1-2H3. The first kappa shape index (κ1) is 13.4. The van der Waals surface area contributed by atoms with Crippen LogP contribution < -0.4 is 4.74 Å². The Kier molecular flexibility index (Phi) is 4.87. The van der Waals surface area contributed by atoms with Crippen molar-refractivity contribution in [2.75, 3.05) is 0 Å². The summed E-state index contributed by atoms with van der Waals surface area (Å²) in [5.74, 6) is 0.274. The highest BCUT2D eigenvalue weighted by molar-refractivity contribution is 6.02. The zero-order valence-electron chi connectivity index (χ0n) is 9.73. The number of ether oxygens (including phenoxy) is 1. The van der Waals surface area contributed by atoms with Gasteiger partial charge in [0.15, 0.2) is 0 Å². The summed E-state index contributed by atoms with van der Waals surface area (Å²) < 4.78 is 28.8. The van der Waals surface area contributed by atoms with Gasteiger partial charge in [0.05, 0.1) is 5.71 Å². The molecular formula is C12H15F2NO2. The normalized spacial score (nSPS) is 12.2. The molecule has 0 aliphatic carbocycles. The summed E-state index contributed by atoms with van der Waals surface area (Å²) in [4.78, 5) is 0. The van der Waals surface area contributed by atoms with Crippen molar-refractivity contribution in [3.8, 4) is 5.75 Å². The molecule has 0 aliphatic rings. The molecule has 0 heterocycles. The lowest BCUT2D eigenvalue weighted by molar-refractivity contribution is -0.0499. The summed E-state index contributed by atoms with van der Waals surface area (Å²) in [6, 6.07) is 6.28.